The average Bonchev–Trinajstić information content (AvgIpc) is 3.47. The van der Waals surface area contributed by atoms with Gasteiger partial charge in [-0.05, 0) is 61.7 Å². The van der Waals surface area contributed by atoms with Crippen molar-refractivity contribution in [1.82, 2.24) is 20.5 Å². The van der Waals surface area contributed by atoms with Crippen LogP contribution in [0.2, 0.25) is 0 Å². The molecule has 2 heterocycles. The van der Waals surface area contributed by atoms with Gasteiger partial charge >= 0.3 is 0 Å². The van der Waals surface area contributed by atoms with Crippen molar-refractivity contribution in [2.45, 2.75) is 46.3 Å². The molecular weight excluding hydrogens is 444 g/mol. The first-order chi connectivity index (χ1) is 16.9. The Bertz CT molecular complexity index is 1280. The molecular formula is C27H34N4O4. The minimum atomic E-state index is 0.221. The van der Waals surface area contributed by atoms with Gasteiger partial charge in [0.25, 0.3) is 0 Å². The third-order valence-corrected chi connectivity index (χ3v) is 5.81. The Morgan fingerprint density at radius 2 is 1.71 bits per heavy atom. The van der Waals surface area contributed by atoms with Crippen LogP contribution in [0.4, 0.5) is 0 Å². The number of ether oxygens (including phenoxy) is 3. The minimum absolute atomic E-state index is 0.221. The Morgan fingerprint density at radius 1 is 0.943 bits per heavy atom. The molecule has 4 rings (SSSR count). The third-order valence-electron chi connectivity index (χ3n) is 5.81. The fourth-order valence-corrected chi connectivity index (χ4v) is 4.17. The normalized spacial score (nSPS) is 11.7. The zero-order chi connectivity index (χ0) is 24.9. The van der Waals surface area contributed by atoms with Crippen LogP contribution in [0.5, 0.6) is 11.5 Å². The van der Waals surface area contributed by atoms with Gasteiger partial charge in [0.05, 0.1) is 39.2 Å². The van der Waals surface area contributed by atoms with E-state index in [0.29, 0.717) is 36.4 Å². The van der Waals surface area contributed by atoms with Crippen LogP contribution in [0.25, 0.3) is 33.6 Å². The molecule has 4 aromatic rings. The lowest BCUT2D eigenvalue weighted by molar-refractivity contribution is 0.0804. The van der Waals surface area contributed by atoms with Crippen molar-refractivity contribution in [3.63, 3.8) is 0 Å². The highest BCUT2D eigenvalue weighted by molar-refractivity contribution is 5.94. The van der Waals surface area contributed by atoms with E-state index in [4.69, 9.17) is 18.6 Å². The largest absolute Gasteiger partial charge is 0.493 e. The lowest BCUT2D eigenvalue weighted by atomic mass is 9.95. The van der Waals surface area contributed by atoms with Gasteiger partial charge in [-0.3, -0.25) is 0 Å². The van der Waals surface area contributed by atoms with E-state index in [1.54, 1.807) is 14.2 Å². The average molecular weight is 479 g/mol. The van der Waals surface area contributed by atoms with Crippen LogP contribution in [0.3, 0.4) is 0 Å². The van der Waals surface area contributed by atoms with E-state index in [-0.39, 0.29) is 12.0 Å². The molecule has 186 valence electrons. The van der Waals surface area contributed by atoms with Gasteiger partial charge < -0.3 is 28.9 Å². The van der Waals surface area contributed by atoms with Gasteiger partial charge in [-0.15, -0.1) is 10.2 Å². The number of hydrogen-bond acceptors (Lipinski definition) is 7. The number of nitrogens with one attached hydrogen (secondary N) is 2. The molecule has 35 heavy (non-hydrogen) atoms. The number of aromatic nitrogens is 3. The number of nitrogens with zero attached hydrogens (tertiary/aromatic N) is 2. The van der Waals surface area contributed by atoms with Gasteiger partial charge in [-0.25, -0.2) is 0 Å². The van der Waals surface area contributed by atoms with Crippen molar-refractivity contribution >= 4 is 10.9 Å². The number of methoxy groups -OCH3 is 2. The van der Waals surface area contributed by atoms with Crippen LogP contribution < -0.4 is 14.8 Å². The maximum Gasteiger partial charge on any atom is 0.247 e. The monoisotopic (exact) mass is 478 g/mol. The quantitative estimate of drug-likeness (QED) is 0.273. The molecule has 0 aliphatic heterocycles. The van der Waals surface area contributed by atoms with Gasteiger partial charge in [0, 0.05) is 28.6 Å². The van der Waals surface area contributed by atoms with E-state index in [9.17, 15) is 0 Å². The molecule has 0 saturated heterocycles. The number of hydrogen-bond donors (Lipinski definition) is 2. The Balaban J connectivity index is 1.61. The fourth-order valence-electron chi connectivity index (χ4n) is 4.17. The summed E-state index contributed by atoms with van der Waals surface area (Å²) in [6, 6.07) is 12.2. The zero-order valence-electron chi connectivity index (χ0n) is 21.3. The molecule has 0 spiro atoms. The van der Waals surface area contributed by atoms with Crippen molar-refractivity contribution in [1.29, 1.82) is 0 Å². The van der Waals surface area contributed by atoms with Crippen molar-refractivity contribution in [2.24, 2.45) is 0 Å². The van der Waals surface area contributed by atoms with Crippen LogP contribution >= 0.6 is 0 Å². The predicted molar refractivity (Wildman–Crippen MR) is 137 cm³/mol. The van der Waals surface area contributed by atoms with Crippen molar-refractivity contribution in [3.05, 3.63) is 47.9 Å². The maximum atomic E-state index is 5.93. The molecule has 0 aliphatic carbocycles. The summed E-state index contributed by atoms with van der Waals surface area (Å²) in [5.74, 6) is 2.74. The first-order valence-corrected chi connectivity index (χ1v) is 11.9. The van der Waals surface area contributed by atoms with Gasteiger partial charge in [0.15, 0.2) is 11.5 Å². The molecule has 0 amide bonds. The van der Waals surface area contributed by atoms with Gasteiger partial charge in [-0.1, -0.05) is 13.8 Å². The summed E-state index contributed by atoms with van der Waals surface area (Å²) in [7, 11) is 3.29. The van der Waals surface area contributed by atoms with Gasteiger partial charge in [0.1, 0.15) is 0 Å². The summed E-state index contributed by atoms with van der Waals surface area (Å²) in [5, 5.41) is 12.9. The van der Waals surface area contributed by atoms with Crippen molar-refractivity contribution in [2.75, 3.05) is 27.4 Å². The Kier molecular flexibility index (Phi) is 7.73. The van der Waals surface area contributed by atoms with E-state index >= 15 is 0 Å². The smallest absolute Gasteiger partial charge is 0.247 e. The molecule has 2 aromatic carbocycles. The second kappa shape index (κ2) is 10.9. The zero-order valence-corrected chi connectivity index (χ0v) is 21.3. The summed E-state index contributed by atoms with van der Waals surface area (Å²) < 4.78 is 22.4. The van der Waals surface area contributed by atoms with E-state index in [2.05, 4.69) is 46.5 Å². The topological polar surface area (TPSA) is 94.4 Å². The van der Waals surface area contributed by atoms with Crippen LogP contribution in [-0.4, -0.2) is 48.7 Å². The molecule has 0 atom stereocenters. The van der Waals surface area contributed by atoms with Crippen LogP contribution in [0.1, 0.15) is 45.1 Å². The summed E-state index contributed by atoms with van der Waals surface area (Å²) in [6.45, 7) is 10.3. The Hall–Kier alpha value is -3.36. The maximum absolute atomic E-state index is 5.93. The summed E-state index contributed by atoms with van der Waals surface area (Å²) >= 11 is 0. The molecule has 0 fully saturated rings. The highest BCUT2D eigenvalue weighted by Crippen LogP contribution is 2.40. The lowest BCUT2D eigenvalue weighted by Gasteiger charge is -2.12. The van der Waals surface area contributed by atoms with Gasteiger partial charge in [0.2, 0.25) is 11.8 Å². The molecule has 0 bridgehead atoms. The number of rotatable bonds is 11. The number of fused-ring (bicyclic) bond motifs is 1. The first kappa shape index (κ1) is 24.8. The van der Waals surface area contributed by atoms with E-state index in [0.717, 1.165) is 34.3 Å². The molecule has 8 heteroatoms. The number of benzene rings is 2. The SMILES string of the molecule is COc1ccc(-c2[nH]c3ccc(-c4nnc(CNCCOC(C)C)o4)cc3c2C(C)C)cc1OC. The Morgan fingerprint density at radius 3 is 2.43 bits per heavy atom. The van der Waals surface area contributed by atoms with E-state index in [1.165, 1.54) is 5.56 Å². The van der Waals surface area contributed by atoms with Crippen LogP contribution in [0, 0.1) is 0 Å². The number of aromatic amines is 1. The van der Waals surface area contributed by atoms with Crippen LogP contribution in [0.15, 0.2) is 40.8 Å². The highest BCUT2D eigenvalue weighted by Gasteiger charge is 2.19. The number of H-pyrrole nitrogens is 1. The molecule has 2 N–H and O–H groups in total. The fraction of sp³-hybridized carbons (Fsp3) is 0.407. The van der Waals surface area contributed by atoms with Crippen molar-refractivity contribution < 1.29 is 18.6 Å². The van der Waals surface area contributed by atoms with E-state index in [1.807, 2.05) is 38.1 Å². The van der Waals surface area contributed by atoms with E-state index < -0.39 is 0 Å². The molecule has 0 aliphatic rings. The minimum Gasteiger partial charge on any atom is -0.493 e. The second-order valence-electron chi connectivity index (χ2n) is 9.00. The van der Waals surface area contributed by atoms with Crippen molar-refractivity contribution in [3.8, 4) is 34.2 Å². The lowest BCUT2D eigenvalue weighted by Crippen LogP contribution is -2.21. The third kappa shape index (κ3) is 5.49. The molecule has 2 aromatic heterocycles. The highest BCUT2D eigenvalue weighted by atomic mass is 16.5. The summed E-state index contributed by atoms with van der Waals surface area (Å²) in [6.07, 6.45) is 0.221. The molecule has 8 nitrogen and oxygen atoms in total. The molecule has 0 unspecified atom stereocenters. The second-order valence-corrected chi connectivity index (χ2v) is 9.00. The predicted octanol–water partition coefficient (Wildman–Crippen LogP) is 5.54. The summed E-state index contributed by atoms with van der Waals surface area (Å²) in [5.41, 5.74) is 5.26. The standard InChI is InChI=1S/C27H34N4O4/c1-16(2)25-20-13-19(27-31-30-24(35-27)15-28-11-12-34-17(3)4)7-9-21(20)29-26(25)18-8-10-22(32-5)23(14-18)33-6/h7-10,13-14,16-17,28-29H,11-12,15H2,1-6H3. The molecule has 0 saturated carbocycles. The first-order valence-electron chi connectivity index (χ1n) is 11.9. The van der Waals surface area contributed by atoms with Crippen LogP contribution in [-0.2, 0) is 11.3 Å². The molecule has 0 radical (unpaired) electrons. The summed E-state index contributed by atoms with van der Waals surface area (Å²) in [4.78, 5) is 3.60. The van der Waals surface area contributed by atoms with Gasteiger partial charge in [-0.2, -0.15) is 0 Å². The Labute approximate surface area is 206 Å².